The molecule has 112 valence electrons. The summed E-state index contributed by atoms with van der Waals surface area (Å²) in [5.41, 5.74) is 0. The Morgan fingerprint density at radius 2 is 2.05 bits per heavy atom. The van der Waals surface area contributed by atoms with Gasteiger partial charge in [-0.25, -0.2) is 9.97 Å². The molecule has 2 heterocycles. The predicted molar refractivity (Wildman–Crippen MR) is 82.5 cm³/mol. The van der Waals surface area contributed by atoms with E-state index in [2.05, 4.69) is 43.0 Å². The zero-order valence-electron chi connectivity index (χ0n) is 13.0. The van der Waals surface area contributed by atoms with E-state index < -0.39 is 0 Å². The SMILES string of the molecule is CCNc1cc(N(C)C2CCOCC2)nc(C(C)C)n1. The lowest BCUT2D eigenvalue weighted by atomic mass is 10.1. The molecular weight excluding hydrogens is 252 g/mol. The van der Waals surface area contributed by atoms with Gasteiger partial charge in [-0.1, -0.05) is 13.8 Å². The summed E-state index contributed by atoms with van der Waals surface area (Å²) in [5.74, 6) is 3.15. The summed E-state index contributed by atoms with van der Waals surface area (Å²) in [7, 11) is 2.12. The summed E-state index contributed by atoms with van der Waals surface area (Å²) in [6, 6.07) is 2.55. The maximum Gasteiger partial charge on any atom is 0.135 e. The highest BCUT2D eigenvalue weighted by atomic mass is 16.5. The molecule has 1 N–H and O–H groups in total. The Morgan fingerprint density at radius 1 is 1.35 bits per heavy atom. The van der Waals surface area contributed by atoms with Crippen molar-refractivity contribution in [3.8, 4) is 0 Å². The van der Waals surface area contributed by atoms with Crippen molar-refractivity contribution in [2.75, 3.05) is 37.0 Å². The third-order valence-electron chi connectivity index (χ3n) is 3.70. The minimum absolute atomic E-state index is 0.329. The van der Waals surface area contributed by atoms with Crippen molar-refractivity contribution in [1.82, 2.24) is 9.97 Å². The molecule has 1 aliphatic rings. The fourth-order valence-corrected chi connectivity index (χ4v) is 2.42. The lowest BCUT2D eigenvalue weighted by Crippen LogP contribution is -2.37. The summed E-state index contributed by atoms with van der Waals surface area (Å²) in [6.07, 6.45) is 2.13. The Bertz CT molecular complexity index is 430. The van der Waals surface area contributed by atoms with Crippen molar-refractivity contribution in [3.63, 3.8) is 0 Å². The lowest BCUT2D eigenvalue weighted by molar-refractivity contribution is 0.0853. The van der Waals surface area contributed by atoms with Gasteiger partial charge in [0.1, 0.15) is 17.5 Å². The number of nitrogens with one attached hydrogen (secondary N) is 1. The Balaban J connectivity index is 2.23. The van der Waals surface area contributed by atoms with E-state index >= 15 is 0 Å². The van der Waals surface area contributed by atoms with E-state index in [0.717, 1.165) is 50.1 Å². The van der Waals surface area contributed by atoms with Gasteiger partial charge in [0.25, 0.3) is 0 Å². The fraction of sp³-hybridized carbons (Fsp3) is 0.733. The maximum atomic E-state index is 5.44. The van der Waals surface area contributed by atoms with Gasteiger partial charge < -0.3 is 15.0 Å². The van der Waals surface area contributed by atoms with Crippen molar-refractivity contribution in [2.24, 2.45) is 0 Å². The first kappa shape index (κ1) is 15.0. The first-order valence-electron chi connectivity index (χ1n) is 7.55. The second-order valence-corrected chi connectivity index (χ2v) is 5.61. The van der Waals surface area contributed by atoms with Crippen LogP contribution < -0.4 is 10.2 Å². The first-order chi connectivity index (χ1) is 9.61. The van der Waals surface area contributed by atoms with Crippen molar-refractivity contribution in [3.05, 3.63) is 11.9 Å². The van der Waals surface area contributed by atoms with Crippen LogP contribution in [-0.4, -0.2) is 42.8 Å². The van der Waals surface area contributed by atoms with E-state index in [0.29, 0.717) is 12.0 Å². The molecule has 1 saturated heterocycles. The standard InChI is InChI=1S/C15H26N4O/c1-5-16-13-10-14(18-15(17-13)11(2)3)19(4)12-6-8-20-9-7-12/h10-12H,5-9H2,1-4H3,(H,16,17,18). The number of hydrogen-bond acceptors (Lipinski definition) is 5. The third-order valence-corrected chi connectivity index (χ3v) is 3.70. The van der Waals surface area contributed by atoms with Gasteiger partial charge in [0.15, 0.2) is 0 Å². The van der Waals surface area contributed by atoms with Crippen LogP contribution >= 0.6 is 0 Å². The van der Waals surface area contributed by atoms with Crippen LogP contribution in [0.1, 0.15) is 45.4 Å². The van der Waals surface area contributed by atoms with E-state index in [1.54, 1.807) is 0 Å². The van der Waals surface area contributed by atoms with Crippen LogP contribution in [0.15, 0.2) is 6.07 Å². The largest absolute Gasteiger partial charge is 0.381 e. The van der Waals surface area contributed by atoms with Crippen molar-refractivity contribution in [2.45, 2.75) is 45.6 Å². The molecule has 0 aliphatic carbocycles. The van der Waals surface area contributed by atoms with Gasteiger partial charge in [-0.05, 0) is 19.8 Å². The van der Waals surface area contributed by atoms with E-state index in [1.807, 2.05) is 6.07 Å². The van der Waals surface area contributed by atoms with Gasteiger partial charge in [0.2, 0.25) is 0 Å². The average molecular weight is 278 g/mol. The molecule has 0 aromatic carbocycles. The van der Waals surface area contributed by atoms with Gasteiger partial charge in [-0.2, -0.15) is 0 Å². The maximum absolute atomic E-state index is 5.44. The highest BCUT2D eigenvalue weighted by Gasteiger charge is 2.21. The van der Waals surface area contributed by atoms with Gasteiger partial charge in [-0.3, -0.25) is 0 Å². The van der Waals surface area contributed by atoms with E-state index in [9.17, 15) is 0 Å². The number of nitrogens with zero attached hydrogens (tertiary/aromatic N) is 3. The molecule has 0 spiro atoms. The van der Waals surface area contributed by atoms with Gasteiger partial charge in [0, 0.05) is 44.8 Å². The Labute approximate surface area is 121 Å². The van der Waals surface area contributed by atoms with Gasteiger partial charge in [-0.15, -0.1) is 0 Å². The number of anilines is 2. The molecule has 20 heavy (non-hydrogen) atoms. The topological polar surface area (TPSA) is 50.3 Å². The molecule has 5 nitrogen and oxygen atoms in total. The summed E-state index contributed by atoms with van der Waals surface area (Å²) < 4.78 is 5.44. The highest BCUT2D eigenvalue weighted by Crippen LogP contribution is 2.23. The molecule has 1 aliphatic heterocycles. The molecule has 2 rings (SSSR count). The van der Waals surface area contributed by atoms with Crippen LogP contribution in [0.2, 0.25) is 0 Å². The molecule has 1 fully saturated rings. The van der Waals surface area contributed by atoms with Crippen LogP contribution in [0.25, 0.3) is 0 Å². The number of aromatic nitrogens is 2. The fourth-order valence-electron chi connectivity index (χ4n) is 2.42. The minimum Gasteiger partial charge on any atom is -0.381 e. The van der Waals surface area contributed by atoms with Crippen LogP contribution in [0.3, 0.4) is 0 Å². The second-order valence-electron chi connectivity index (χ2n) is 5.61. The Hall–Kier alpha value is -1.36. The Morgan fingerprint density at radius 3 is 2.65 bits per heavy atom. The molecule has 0 amide bonds. The Kier molecular flexibility index (Phi) is 5.17. The predicted octanol–water partition coefficient (Wildman–Crippen LogP) is 2.65. The molecule has 0 atom stereocenters. The number of ether oxygens (including phenoxy) is 1. The second kappa shape index (κ2) is 6.88. The summed E-state index contributed by atoms with van der Waals surface area (Å²) >= 11 is 0. The molecule has 1 aromatic rings. The third kappa shape index (κ3) is 3.60. The van der Waals surface area contributed by atoms with E-state index in [-0.39, 0.29) is 0 Å². The molecule has 0 saturated carbocycles. The van der Waals surface area contributed by atoms with Crippen molar-refractivity contribution in [1.29, 1.82) is 0 Å². The zero-order valence-corrected chi connectivity index (χ0v) is 13.0. The average Bonchev–Trinajstić information content (AvgIpc) is 2.47. The van der Waals surface area contributed by atoms with Gasteiger partial charge in [0.05, 0.1) is 0 Å². The normalized spacial score (nSPS) is 16.4. The highest BCUT2D eigenvalue weighted by molar-refractivity contribution is 5.50. The minimum atomic E-state index is 0.329. The lowest BCUT2D eigenvalue weighted by Gasteiger charge is -2.32. The molecule has 0 unspecified atom stereocenters. The molecule has 1 aromatic heterocycles. The van der Waals surface area contributed by atoms with E-state index in [1.165, 1.54) is 0 Å². The molecule has 5 heteroatoms. The monoisotopic (exact) mass is 278 g/mol. The molecule has 0 bridgehead atoms. The summed E-state index contributed by atoms with van der Waals surface area (Å²) in [4.78, 5) is 11.6. The smallest absolute Gasteiger partial charge is 0.135 e. The van der Waals surface area contributed by atoms with Gasteiger partial charge >= 0.3 is 0 Å². The number of rotatable bonds is 5. The molecule has 0 radical (unpaired) electrons. The zero-order chi connectivity index (χ0) is 14.5. The van der Waals surface area contributed by atoms with Crippen LogP contribution in [0.4, 0.5) is 11.6 Å². The number of hydrogen-bond donors (Lipinski definition) is 1. The summed E-state index contributed by atoms with van der Waals surface area (Å²) in [6.45, 7) is 8.90. The van der Waals surface area contributed by atoms with Crippen LogP contribution in [-0.2, 0) is 4.74 Å². The quantitative estimate of drug-likeness (QED) is 0.897. The van der Waals surface area contributed by atoms with E-state index in [4.69, 9.17) is 9.72 Å². The molecular formula is C15H26N4O. The van der Waals surface area contributed by atoms with Crippen molar-refractivity contribution < 1.29 is 4.74 Å². The van der Waals surface area contributed by atoms with Crippen LogP contribution in [0.5, 0.6) is 0 Å². The van der Waals surface area contributed by atoms with Crippen molar-refractivity contribution >= 4 is 11.6 Å². The first-order valence-corrected chi connectivity index (χ1v) is 7.55. The van der Waals surface area contributed by atoms with Crippen LogP contribution in [0, 0.1) is 0 Å². The summed E-state index contributed by atoms with van der Waals surface area (Å²) in [5, 5.41) is 3.30.